The average molecular weight is 328 g/mol. The van der Waals surface area contributed by atoms with Crippen LogP contribution in [-0.4, -0.2) is 52.3 Å². The Bertz CT molecular complexity index is 700. The number of piperazine rings is 1. The third-order valence-corrected chi connectivity index (χ3v) is 4.58. The van der Waals surface area contributed by atoms with Crippen molar-refractivity contribution < 1.29 is 19.4 Å². The first-order valence-electron chi connectivity index (χ1n) is 8.13. The molecule has 1 aromatic rings. The number of nitrogens with zero attached hydrogens (tertiary/aromatic N) is 2. The van der Waals surface area contributed by atoms with E-state index in [1.165, 1.54) is 0 Å². The van der Waals surface area contributed by atoms with E-state index in [1.54, 1.807) is 17.2 Å². The predicted octanol–water partition coefficient (Wildman–Crippen LogP) is 1.19. The highest BCUT2D eigenvalue weighted by atomic mass is 16.5. The van der Waals surface area contributed by atoms with Crippen molar-refractivity contribution in [3.05, 3.63) is 59.6 Å². The summed E-state index contributed by atoms with van der Waals surface area (Å²) in [6.45, 7) is 3.35. The maximum atomic E-state index is 12.9. The first kappa shape index (κ1) is 15.2. The smallest absolute Gasteiger partial charge is 0.276 e. The van der Waals surface area contributed by atoms with Crippen LogP contribution in [0.15, 0.2) is 54.1 Å². The van der Waals surface area contributed by atoms with Crippen LogP contribution in [0.25, 0.3) is 0 Å². The van der Waals surface area contributed by atoms with E-state index in [1.807, 2.05) is 42.2 Å². The number of carbonyl (C=O) groups is 1. The van der Waals surface area contributed by atoms with E-state index in [-0.39, 0.29) is 18.2 Å². The molecule has 0 bridgehead atoms. The van der Waals surface area contributed by atoms with Crippen LogP contribution in [-0.2, 0) is 20.9 Å². The lowest BCUT2D eigenvalue weighted by Crippen LogP contribution is -2.54. The fraction of sp³-hybridized carbons (Fsp3) is 0.389. The molecule has 2 fully saturated rings. The summed E-state index contributed by atoms with van der Waals surface area (Å²) >= 11 is 0. The largest absolute Gasteiger partial charge is 0.488 e. The lowest BCUT2D eigenvalue weighted by atomic mass is 10.1. The van der Waals surface area contributed by atoms with Gasteiger partial charge in [0.15, 0.2) is 12.0 Å². The monoisotopic (exact) mass is 328 g/mol. The van der Waals surface area contributed by atoms with Crippen LogP contribution in [0.4, 0.5) is 0 Å². The van der Waals surface area contributed by atoms with E-state index < -0.39 is 6.10 Å². The second-order valence-electron chi connectivity index (χ2n) is 6.28. The average Bonchev–Trinajstić information content (AvgIpc) is 2.96. The minimum Gasteiger partial charge on any atom is -0.488 e. The Morgan fingerprint density at radius 1 is 1.33 bits per heavy atom. The Labute approximate surface area is 140 Å². The molecule has 3 aliphatic rings. The summed E-state index contributed by atoms with van der Waals surface area (Å²) in [6, 6.07) is 9.71. The third kappa shape index (κ3) is 2.48. The van der Waals surface area contributed by atoms with E-state index >= 15 is 0 Å². The van der Waals surface area contributed by atoms with Gasteiger partial charge in [0.2, 0.25) is 0 Å². The normalized spacial score (nSPS) is 28.9. The summed E-state index contributed by atoms with van der Waals surface area (Å²) in [5.41, 5.74) is 1.40. The van der Waals surface area contributed by atoms with Crippen LogP contribution in [0.5, 0.6) is 0 Å². The van der Waals surface area contributed by atoms with Gasteiger partial charge in [-0.25, -0.2) is 0 Å². The predicted molar refractivity (Wildman–Crippen MR) is 86.2 cm³/mol. The Morgan fingerprint density at radius 3 is 2.92 bits per heavy atom. The molecule has 1 amide bonds. The maximum absolute atomic E-state index is 12.9. The number of amides is 1. The number of hydrogen-bond acceptors (Lipinski definition) is 5. The van der Waals surface area contributed by atoms with Gasteiger partial charge in [-0.1, -0.05) is 30.3 Å². The fourth-order valence-corrected chi connectivity index (χ4v) is 3.36. The van der Waals surface area contributed by atoms with Crippen molar-refractivity contribution in [3.63, 3.8) is 0 Å². The highest BCUT2D eigenvalue weighted by Crippen LogP contribution is 2.33. The lowest BCUT2D eigenvalue weighted by Gasteiger charge is -2.41. The molecule has 3 heterocycles. The zero-order chi connectivity index (χ0) is 16.7. The SMILES string of the molecule is C[C@H]1CO[C@@H]2CN3C=CC(O)C(OCc4ccccc4)=C3C(=O)N12. The number of carbonyl (C=O) groups excluding carboxylic acids is 1. The van der Waals surface area contributed by atoms with Crippen molar-refractivity contribution in [3.8, 4) is 0 Å². The highest BCUT2D eigenvalue weighted by molar-refractivity contribution is 5.95. The molecule has 24 heavy (non-hydrogen) atoms. The standard InChI is InChI=1S/C18H20N2O4/c1-12-10-23-15-9-19-8-7-14(21)17(16(19)18(22)20(12)15)24-11-13-5-3-2-4-6-13/h2-8,12,14-15,21H,9-11H2,1H3/t12-,14?,15+/m0/s1. The minimum absolute atomic E-state index is 0.0237. The molecule has 2 saturated heterocycles. The number of benzene rings is 1. The molecule has 6 nitrogen and oxygen atoms in total. The van der Waals surface area contributed by atoms with Crippen LogP contribution in [0.3, 0.4) is 0 Å². The van der Waals surface area contributed by atoms with Gasteiger partial charge < -0.3 is 24.4 Å². The van der Waals surface area contributed by atoms with Gasteiger partial charge in [-0.15, -0.1) is 0 Å². The van der Waals surface area contributed by atoms with Crippen LogP contribution >= 0.6 is 0 Å². The van der Waals surface area contributed by atoms with Crippen molar-refractivity contribution >= 4 is 5.91 Å². The summed E-state index contributed by atoms with van der Waals surface area (Å²) in [5, 5.41) is 10.3. The molecular formula is C18H20N2O4. The van der Waals surface area contributed by atoms with E-state index in [4.69, 9.17) is 9.47 Å². The molecule has 4 rings (SSSR count). The Kier molecular flexibility index (Phi) is 3.78. The van der Waals surface area contributed by atoms with Crippen molar-refractivity contribution in [2.45, 2.75) is 31.9 Å². The first-order valence-corrected chi connectivity index (χ1v) is 8.13. The molecule has 1 unspecified atom stereocenters. The van der Waals surface area contributed by atoms with E-state index in [0.717, 1.165) is 5.56 Å². The van der Waals surface area contributed by atoms with Crippen LogP contribution in [0, 0.1) is 0 Å². The van der Waals surface area contributed by atoms with Crippen LogP contribution in [0.1, 0.15) is 12.5 Å². The van der Waals surface area contributed by atoms with Crippen LogP contribution < -0.4 is 0 Å². The number of hydrogen-bond donors (Lipinski definition) is 1. The third-order valence-electron chi connectivity index (χ3n) is 4.58. The zero-order valence-electron chi connectivity index (χ0n) is 13.5. The molecule has 3 atom stereocenters. The molecule has 3 aliphatic heterocycles. The van der Waals surface area contributed by atoms with Gasteiger partial charge in [-0.05, 0) is 18.6 Å². The van der Waals surface area contributed by atoms with Gasteiger partial charge in [0.1, 0.15) is 18.4 Å². The molecule has 0 aromatic heterocycles. The number of aliphatic hydroxyl groups excluding tert-OH is 1. The molecule has 1 N–H and O–H groups in total. The summed E-state index contributed by atoms with van der Waals surface area (Å²) in [4.78, 5) is 16.5. The summed E-state index contributed by atoms with van der Waals surface area (Å²) in [7, 11) is 0. The Hall–Kier alpha value is -2.31. The van der Waals surface area contributed by atoms with Gasteiger partial charge in [0.25, 0.3) is 5.91 Å². The molecule has 6 heteroatoms. The topological polar surface area (TPSA) is 62.2 Å². The van der Waals surface area contributed by atoms with Gasteiger partial charge in [-0.2, -0.15) is 0 Å². The number of fused-ring (bicyclic) bond motifs is 2. The van der Waals surface area contributed by atoms with Crippen molar-refractivity contribution in [1.82, 2.24) is 9.80 Å². The molecular weight excluding hydrogens is 308 g/mol. The second-order valence-corrected chi connectivity index (χ2v) is 6.28. The summed E-state index contributed by atoms with van der Waals surface area (Å²) in [6.07, 6.45) is 2.20. The lowest BCUT2D eigenvalue weighted by molar-refractivity contribution is -0.140. The Balaban J connectivity index is 1.63. The molecule has 0 radical (unpaired) electrons. The molecule has 1 aromatic carbocycles. The van der Waals surface area contributed by atoms with Crippen LogP contribution in [0.2, 0.25) is 0 Å². The summed E-state index contributed by atoms with van der Waals surface area (Å²) in [5.74, 6) is 0.159. The van der Waals surface area contributed by atoms with Crippen molar-refractivity contribution in [2.75, 3.05) is 13.2 Å². The molecule has 0 aliphatic carbocycles. The van der Waals surface area contributed by atoms with Crippen molar-refractivity contribution in [2.24, 2.45) is 0 Å². The molecule has 0 saturated carbocycles. The first-order chi connectivity index (χ1) is 11.6. The maximum Gasteiger partial charge on any atom is 0.276 e. The quantitative estimate of drug-likeness (QED) is 0.903. The van der Waals surface area contributed by atoms with Gasteiger partial charge in [-0.3, -0.25) is 4.79 Å². The van der Waals surface area contributed by atoms with Gasteiger partial charge >= 0.3 is 0 Å². The number of ether oxygens (including phenoxy) is 2. The minimum atomic E-state index is -0.917. The van der Waals surface area contributed by atoms with Gasteiger partial charge in [0.05, 0.1) is 19.2 Å². The van der Waals surface area contributed by atoms with E-state index in [2.05, 4.69) is 0 Å². The highest BCUT2D eigenvalue weighted by Gasteiger charge is 2.46. The van der Waals surface area contributed by atoms with Gasteiger partial charge in [0, 0.05) is 6.20 Å². The number of rotatable bonds is 3. The fourth-order valence-electron chi connectivity index (χ4n) is 3.36. The Morgan fingerprint density at radius 2 is 2.12 bits per heavy atom. The second kappa shape index (κ2) is 5.96. The molecule has 0 spiro atoms. The zero-order valence-corrected chi connectivity index (χ0v) is 13.5. The van der Waals surface area contributed by atoms with E-state index in [9.17, 15) is 9.90 Å². The van der Waals surface area contributed by atoms with Crippen molar-refractivity contribution in [1.29, 1.82) is 0 Å². The summed E-state index contributed by atoms with van der Waals surface area (Å²) < 4.78 is 11.5. The molecule has 126 valence electrons. The van der Waals surface area contributed by atoms with E-state index in [0.29, 0.717) is 31.2 Å². The number of aliphatic hydroxyl groups is 1.